The Kier molecular flexibility index (Phi) is 5.44. The molecule has 1 aliphatic heterocycles. The van der Waals surface area contributed by atoms with E-state index >= 15 is 0 Å². The van der Waals surface area contributed by atoms with Crippen LogP contribution in [0, 0.1) is 0 Å². The van der Waals surface area contributed by atoms with Crippen LogP contribution in [0.15, 0.2) is 30.3 Å². The lowest BCUT2D eigenvalue weighted by Crippen LogP contribution is -2.50. The molecule has 1 fully saturated rings. The van der Waals surface area contributed by atoms with Crippen LogP contribution in [-0.4, -0.2) is 49.7 Å². The summed E-state index contributed by atoms with van der Waals surface area (Å²) in [7, 11) is 0. The number of para-hydroxylation sites is 1. The summed E-state index contributed by atoms with van der Waals surface area (Å²) in [6.07, 6.45) is 1.18. The molecule has 3 nitrogen and oxygen atoms in total. The summed E-state index contributed by atoms with van der Waals surface area (Å²) >= 11 is 0. The van der Waals surface area contributed by atoms with Gasteiger partial charge in [0, 0.05) is 50.5 Å². The van der Waals surface area contributed by atoms with E-state index in [1.54, 1.807) is 0 Å². The topological polar surface area (TPSA) is 18.5 Å². The van der Waals surface area contributed by atoms with Crippen molar-refractivity contribution in [3.63, 3.8) is 0 Å². The molecular formula is C17H29N3. The quantitative estimate of drug-likeness (QED) is 0.861. The molecule has 0 saturated carbocycles. The highest BCUT2D eigenvalue weighted by Gasteiger charge is 2.18. The third-order valence-electron chi connectivity index (χ3n) is 4.41. The van der Waals surface area contributed by atoms with E-state index in [4.69, 9.17) is 0 Å². The van der Waals surface area contributed by atoms with Gasteiger partial charge in [0.05, 0.1) is 0 Å². The second kappa shape index (κ2) is 7.09. The Balaban J connectivity index is 1.70. The van der Waals surface area contributed by atoms with Crippen molar-refractivity contribution in [1.82, 2.24) is 10.2 Å². The Morgan fingerprint density at radius 3 is 2.30 bits per heavy atom. The van der Waals surface area contributed by atoms with E-state index < -0.39 is 0 Å². The SMILES string of the molecule is CCC(C)(C)NCCN1CCN(c2ccccc2)CC1. The Labute approximate surface area is 124 Å². The van der Waals surface area contributed by atoms with Gasteiger partial charge in [-0.3, -0.25) is 4.90 Å². The van der Waals surface area contributed by atoms with Crippen LogP contribution in [0.3, 0.4) is 0 Å². The average molecular weight is 275 g/mol. The molecule has 20 heavy (non-hydrogen) atoms. The summed E-state index contributed by atoms with van der Waals surface area (Å²) in [5, 5.41) is 3.64. The number of nitrogens with zero attached hydrogens (tertiary/aromatic N) is 2. The normalized spacial score (nSPS) is 17.4. The molecule has 1 N–H and O–H groups in total. The van der Waals surface area contributed by atoms with Crippen LogP contribution in [0.2, 0.25) is 0 Å². The molecule has 0 amide bonds. The highest BCUT2D eigenvalue weighted by Crippen LogP contribution is 2.15. The summed E-state index contributed by atoms with van der Waals surface area (Å²) in [5.41, 5.74) is 1.63. The van der Waals surface area contributed by atoms with Crippen LogP contribution in [0.5, 0.6) is 0 Å². The van der Waals surface area contributed by atoms with Gasteiger partial charge >= 0.3 is 0 Å². The van der Waals surface area contributed by atoms with Gasteiger partial charge in [-0.05, 0) is 32.4 Å². The molecule has 1 saturated heterocycles. The third-order valence-corrected chi connectivity index (χ3v) is 4.41. The highest BCUT2D eigenvalue weighted by atomic mass is 15.3. The summed E-state index contributed by atoms with van der Waals surface area (Å²) in [4.78, 5) is 5.05. The molecule has 2 rings (SSSR count). The molecular weight excluding hydrogens is 246 g/mol. The molecule has 0 aliphatic carbocycles. The van der Waals surface area contributed by atoms with Gasteiger partial charge in [-0.15, -0.1) is 0 Å². The zero-order chi connectivity index (χ0) is 14.4. The minimum absolute atomic E-state index is 0.270. The highest BCUT2D eigenvalue weighted by molar-refractivity contribution is 5.46. The van der Waals surface area contributed by atoms with Gasteiger partial charge in [0.2, 0.25) is 0 Å². The number of piperazine rings is 1. The summed E-state index contributed by atoms with van der Waals surface area (Å²) in [6, 6.07) is 10.7. The first-order valence-corrected chi connectivity index (χ1v) is 7.88. The van der Waals surface area contributed by atoms with E-state index in [9.17, 15) is 0 Å². The second-order valence-electron chi connectivity index (χ2n) is 6.33. The van der Waals surface area contributed by atoms with Gasteiger partial charge in [-0.2, -0.15) is 0 Å². The summed E-state index contributed by atoms with van der Waals surface area (Å²) < 4.78 is 0. The number of benzene rings is 1. The molecule has 0 radical (unpaired) electrons. The number of nitrogens with one attached hydrogen (secondary N) is 1. The fraction of sp³-hybridized carbons (Fsp3) is 0.647. The zero-order valence-electron chi connectivity index (χ0n) is 13.2. The first-order valence-electron chi connectivity index (χ1n) is 7.88. The average Bonchev–Trinajstić information content (AvgIpc) is 2.49. The lowest BCUT2D eigenvalue weighted by atomic mass is 10.0. The molecule has 0 spiro atoms. The smallest absolute Gasteiger partial charge is 0.0367 e. The largest absolute Gasteiger partial charge is 0.369 e. The van der Waals surface area contributed by atoms with Crippen LogP contribution in [0.25, 0.3) is 0 Å². The van der Waals surface area contributed by atoms with E-state index in [0.29, 0.717) is 0 Å². The number of hydrogen-bond acceptors (Lipinski definition) is 3. The van der Waals surface area contributed by atoms with Gasteiger partial charge in [0.1, 0.15) is 0 Å². The molecule has 0 unspecified atom stereocenters. The minimum atomic E-state index is 0.270. The fourth-order valence-electron chi connectivity index (χ4n) is 2.55. The van der Waals surface area contributed by atoms with Crippen molar-refractivity contribution in [2.24, 2.45) is 0 Å². The van der Waals surface area contributed by atoms with Gasteiger partial charge in [-0.1, -0.05) is 25.1 Å². The van der Waals surface area contributed by atoms with Crippen LogP contribution >= 0.6 is 0 Å². The van der Waals surface area contributed by atoms with Crippen molar-refractivity contribution >= 4 is 5.69 Å². The molecule has 0 aromatic heterocycles. The predicted molar refractivity (Wildman–Crippen MR) is 87.5 cm³/mol. The van der Waals surface area contributed by atoms with Crippen molar-refractivity contribution in [3.05, 3.63) is 30.3 Å². The Bertz CT molecular complexity index is 380. The predicted octanol–water partition coefficient (Wildman–Crippen LogP) is 2.59. The van der Waals surface area contributed by atoms with Crippen molar-refractivity contribution in [1.29, 1.82) is 0 Å². The van der Waals surface area contributed by atoms with Crippen LogP contribution in [0.1, 0.15) is 27.2 Å². The van der Waals surface area contributed by atoms with E-state index in [-0.39, 0.29) is 5.54 Å². The second-order valence-corrected chi connectivity index (χ2v) is 6.33. The third kappa shape index (κ3) is 4.50. The van der Waals surface area contributed by atoms with Gasteiger partial charge in [0.25, 0.3) is 0 Å². The lowest BCUT2D eigenvalue weighted by molar-refractivity contribution is 0.243. The van der Waals surface area contributed by atoms with Crippen LogP contribution in [0.4, 0.5) is 5.69 Å². The number of hydrogen-bond donors (Lipinski definition) is 1. The van der Waals surface area contributed by atoms with E-state index in [1.165, 1.54) is 25.2 Å². The molecule has 1 aromatic rings. The molecule has 0 atom stereocenters. The number of anilines is 1. The molecule has 0 bridgehead atoms. The maximum absolute atomic E-state index is 3.64. The Hall–Kier alpha value is -1.06. The maximum Gasteiger partial charge on any atom is 0.0367 e. The van der Waals surface area contributed by atoms with Gasteiger partial charge in [-0.25, -0.2) is 0 Å². The first kappa shape index (κ1) is 15.3. The Morgan fingerprint density at radius 1 is 1.05 bits per heavy atom. The summed E-state index contributed by atoms with van der Waals surface area (Å²) in [5.74, 6) is 0. The Morgan fingerprint density at radius 2 is 1.70 bits per heavy atom. The van der Waals surface area contributed by atoms with E-state index in [1.807, 2.05) is 0 Å². The molecule has 3 heteroatoms. The van der Waals surface area contributed by atoms with Crippen molar-refractivity contribution < 1.29 is 0 Å². The van der Waals surface area contributed by atoms with Crippen LogP contribution < -0.4 is 10.2 Å². The molecule has 1 aliphatic rings. The van der Waals surface area contributed by atoms with E-state index in [0.717, 1.165) is 26.2 Å². The monoisotopic (exact) mass is 275 g/mol. The van der Waals surface area contributed by atoms with Gasteiger partial charge < -0.3 is 10.2 Å². The van der Waals surface area contributed by atoms with E-state index in [2.05, 4.69) is 66.2 Å². The minimum Gasteiger partial charge on any atom is -0.369 e. The number of rotatable bonds is 6. The van der Waals surface area contributed by atoms with Crippen molar-refractivity contribution in [3.8, 4) is 0 Å². The van der Waals surface area contributed by atoms with Crippen molar-refractivity contribution in [2.45, 2.75) is 32.7 Å². The zero-order valence-corrected chi connectivity index (χ0v) is 13.2. The van der Waals surface area contributed by atoms with Crippen molar-refractivity contribution in [2.75, 3.05) is 44.2 Å². The van der Waals surface area contributed by atoms with Gasteiger partial charge in [0.15, 0.2) is 0 Å². The van der Waals surface area contributed by atoms with Crippen LogP contribution in [-0.2, 0) is 0 Å². The lowest BCUT2D eigenvalue weighted by Gasteiger charge is -2.36. The standard InChI is InChI=1S/C17H29N3/c1-4-17(2,3)18-10-11-19-12-14-20(15-13-19)16-8-6-5-7-9-16/h5-9,18H,4,10-15H2,1-3H3. The maximum atomic E-state index is 3.64. The fourth-order valence-corrected chi connectivity index (χ4v) is 2.55. The summed E-state index contributed by atoms with van der Waals surface area (Å²) in [6.45, 7) is 13.7. The first-order chi connectivity index (χ1) is 9.61. The molecule has 112 valence electrons. The molecule has 1 heterocycles. The molecule has 1 aromatic carbocycles.